The van der Waals surface area contributed by atoms with Crippen LogP contribution in [0.5, 0.6) is 0 Å². The number of carbonyl (C=O) groups excluding carboxylic acids is 1. The molecule has 21 heavy (non-hydrogen) atoms. The van der Waals surface area contributed by atoms with Gasteiger partial charge >= 0.3 is 0 Å². The third-order valence-electron chi connectivity index (χ3n) is 3.95. The molecular weight excluding hydrogens is 284 g/mol. The molecule has 0 unspecified atom stereocenters. The van der Waals surface area contributed by atoms with Crippen LogP contribution in [0.15, 0.2) is 30.3 Å². The molecule has 3 rings (SSSR count). The van der Waals surface area contributed by atoms with Crippen LogP contribution in [-0.2, 0) is 0 Å². The Kier molecular flexibility index (Phi) is 3.87. The first-order chi connectivity index (χ1) is 10.1. The molecule has 4 heteroatoms. The van der Waals surface area contributed by atoms with Crippen LogP contribution in [-0.4, -0.2) is 22.9 Å². The van der Waals surface area contributed by atoms with Gasteiger partial charge in [-0.2, -0.15) is 0 Å². The predicted molar refractivity (Wildman–Crippen MR) is 85.6 cm³/mol. The van der Waals surface area contributed by atoms with Gasteiger partial charge in [-0.1, -0.05) is 11.6 Å². The smallest absolute Gasteiger partial charge is 0.178 e. The number of benzene rings is 1. The zero-order valence-electron chi connectivity index (χ0n) is 12.3. The molecule has 0 saturated heterocycles. The van der Waals surface area contributed by atoms with Gasteiger partial charge < -0.3 is 9.88 Å². The molecule has 1 aliphatic carbocycles. The highest BCUT2D eigenvalue weighted by atomic mass is 35.5. The fourth-order valence-corrected chi connectivity index (χ4v) is 2.78. The summed E-state index contributed by atoms with van der Waals surface area (Å²) in [6.07, 6.45) is 2.38. The van der Waals surface area contributed by atoms with Crippen molar-refractivity contribution in [3.63, 3.8) is 0 Å². The largest absolute Gasteiger partial charge is 0.318 e. The van der Waals surface area contributed by atoms with Crippen molar-refractivity contribution < 1.29 is 4.79 Å². The summed E-state index contributed by atoms with van der Waals surface area (Å²) in [4.78, 5) is 12.4. The first kappa shape index (κ1) is 14.4. The van der Waals surface area contributed by atoms with E-state index >= 15 is 0 Å². The number of halogens is 1. The molecule has 0 atom stereocenters. The lowest BCUT2D eigenvalue weighted by Gasteiger charge is -2.10. The van der Waals surface area contributed by atoms with E-state index in [2.05, 4.69) is 9.88 Å². The summed E-state index contributed by atoms with van der Waals surface area (Å²) in [5.74, 6) is 0.162. The van der Waals surface area contributed by atoms with E-state index in [1.54, 1.807) is 0 Å². The maximum absolute atomic E-state index is 12.4. The number of carbonyl (C=O) groups is 1. The standard InChI is InChI=1S/C17H19ClN2O/c1-11-9-16(17(21)10-19-14-5-6-14)12(2)20(11)15-7-3-13(18)4-8-15/h3-4,7-9,14,19H,5-6,10H2,1-2H3. The molecule has 1 saturated carbocycles. The zero-order valence-corrected chi connectivity index (χ0v) is 13.1. The molecule has 0 spiro atoms. The molecule has 0 radical (unpaired) electrons. The average Bonchev–Trinajstić information content (AvgIpc) is 3.24. The van der Waals surface area contributed by atoms with Gasteiger partial charge in [-0.15, -0.1) is 0 Å². The van der Waals surface area contributed by atoms with Crippen molar-refractivity contribution in [1.82, 2.24) is 9.88 Å². The van der Waals surface area contributed by atoms with Crippen LogP contribution in [0, 0.1) is 13.8 Å². The first-order valence-electron chi connectivity index (χ1n) is 7.27. The Hall–Kier alpha value is -1.58. The van der Waals surface area contributed by atoms with Gasteiger partial charge in [0.2, 0.25) is 0 Å². The van der Waals surface area contributed by atoms with E-state index in [4.69, 9.17) is 11.6 Å². The lowest BCUT2D eigenvalue weighted by Crippen LogP contribution is -2.25. The molecular formula is C17H19ClN2O. The van der Waals surface area contributed by atoms with Crippen molar-refractivity contribution in [3.05, 3.63) is 52.3 Å². The molecule has 1 aliphatic rings. The summed E-state index contributed by atoms with van der Waals surface area (Å²) in [6.45, 7) is 4.44. The lowest BCUT2D eigenvalue weighted by molar-refractivity contribution is 0.0990. The highest BCUT2D eigenvalue weighted by Crippen LogP contribution is 2.23. The zero-order chi connectivity index (χ0) is 15.0. The molecule has 1 aromatic heterocycles. The maximum atomic E-state index is 12.4. The molecule has 3 nitrogen and oxygen atoms in total. The van der Waals surface area contributed by atoms with E-state index in [1.165, 1.54) is 12.8 Å². The number of ketones is 1. The summed E-state index contributed by atoms with van der Waals surface area (Å²) in [5, 5.41) is 4.00. The summed E-state index contributed by atoms with van der Waals surface area (Å²) >= 11 is 5.94. The van der Waals surface area contributed by atoms with Crippen LogP contribution >= 0.6 is 11.6 Å². The minimum absolute atomic E-state index is 0.162. The number of aryl methyl sites for hydroxylation is 1. The molecule has 2 aromatic rings. The van der Waals surface area contributed by atoms with Crippen molar-refractivity contribution in [2.75, 3.05) is 6.54 Å². The van der Waals surface area contributed by atoms with E-state index in [0.717, 1.165) is 22.6 Å². The van der Waals surface area contributed by atoms with E-state index in [0.29, 0.717) is 17.6 Å². The van der Waals surface area contributed by atoms with Crippen molar-refractivity contribution >= 4 is 17.4 Å². The minimum Gasteiger partial charge on any atom is -0.318 e. The van der Waals surface area contributed by atoms with Gasteiger partial charge in [0.25, 0.3) is 0 Å². The third-order valence-corrected chi connectivity index (χ3v) is 4.20. The van der Waals surface area contributed by atoms with E-state index in [1.807, 2.05) is 44.2 Å². The van der Waals surface area contributed by atoms with Crippen LogP contribution in [0.1, 0.15) is 34.6 Å². The molecule has 0 aliphatic heterocycles. The normalized spacial score (nSPS) is 14.4. The van der Waals surface area contributed by atoms with Crippen LogP contribution < -0.4 is 5.32 Å². The molecule has 110 valence electrons. The minimum atomic E-state index is 0.162. The van der Waals surface area contributed by atoms with E-state index < -0.39 is 0 Å². The van der Waals surface area contributed by atoms with Crippen LogP contribution in [0.2, 0.25) is 5.02 Å². The molecule has 0 amide bonds. The predicted octanol–water partition coefficient (Wildman–Crippen LogP) is 3.68. The Morgan fingerprint density at radius 2 is 1.95 bits per heavy atom. The Morgan fingerprint density at radius 1 is 1.29 bits per heavy atom. The van der Waals surface area contributed by atoms with Gasteiger partial charge in [-0.25, -0.2) is 0 Å². The number of hydrogen-bond donors (Lipinski definition) is 1. The number of aromatic nitrogens is 1. The summed E-state index contributed by atoms with van der Waals surface area (Å²) in [5.41, 5.74) is 3.88. The molecule has 1 aromatic carbocycles. The fraction of sp³-hybridized carbons (Fsp3) is 0.353. The van der Waals surface area contributed by atoms with Crippen molar-refractivity contribution in [1.29, 1.82) is 0 Å². The number of Topliss-reactive ketones (excluding diaryl/α,β-unsaturated/α-hetero) is 1. The molecule has 1 fully saturated rings. The summed E-state index contributed by atoms with van der Waals surface area (Å²) in [6, 6.07) is 10.2. The Bertz CT molecular complexity index is 669. The Balaban J connectivity index is 1.88. The van der Waals surface area contributed by atoms with Crippen molar-refractivity contribution in [2.24, 2.45) is 0 Å². The van der Waals surface area contributed by atoms with Gasteiger partial charge in [0.1, 0.15) is 0 Å². The third kappa shape index (κ3) is 3.04. The summed E-state index contributed by atoms with van der Waals surface area (Å²) in [7, 11) is 0. The maximum Gasteiger partial charge on any atom is 0.178 e. The number of nitrogens with one attached hydrogen (secondary N) is 1. The van der Waals surface area contributed by atoms with E-state index in [-0.39, 0.29) is 5.78 Å². The molecule has 1 heterocycles. The van der Waals surface area contributed by atoms with Gasteiger partial charge in [-0.05, 0) is 57.0 Å². The second-order valence-electron chi connectivity index (χ2n) is 5.67. The fourth-order valence-electron chi connectivity index (χ4n) is 2.65. The number of nitrogens with zero attached hydrogens (tertiary/aromatic N) is 1. The number of hydrogen-bond acceptors (Lipinski definition) is 2. The second kappa shape index (κ2) is 5.66. The van der Waals surface area contributed by atoms with Gasteiger partial charge in [0, 0.05) is 33.7 Å². The second-order valence-corrected chi connectivity index (χ2v) is 6.11. The quantitative estimate of drug-likeness (QED) is 0.855. The first-order valence-corrected chi connectivity index (χ1v) is 7.65. The molecule has 0 bridgehead atoms. The van der Waals surface area contributed by atoms with Crippen LogP contribution in [0.25, 0.3) is 5.69 Å². The van der Waals surface area contributed by atoms with Crippen LogP contribution in [0.4, 0.5) is 0 Å². The highest BCUT2D eigenvalue weighted by molar-refractivity contribution is 6.30. The topological polar surface area (TPSA) is 34.0 Å². The van der Waals surface area contributed by atoms with Gasteiger partial charge in [0.15, 0.2) is 5.78 Å². The SMILES string of the molecule is Cc1cc(C(=O)CNC2CC2)c(C)n1-c1ccc(Cl)cc1. The Labute approximate surface area is 129 Å². The van der Waals surface area contributed by atoms with Crippen LogP contribution in [0.3, 0.4) is 0 Å². The van der Waals surface area contributed by atoms with Crippen molar-refractivity contribution in [2.45, 2.75) is 32.7 Å². The average molecular weight is 303 g/mol. The van der Waals surface area contributed by atoms with Gasteiger partial charge in [0.05, 0.1) is 6.54 Å². The summed E-state index contributed by atoms with van der Waals surface area (Å²) < 4.78 is 2.10. The monoisotopic (exact) mass is 302 g/mol. The number of rotatable bonds is 5. The van der Waals surface area contributed by atoms with E-state index in [9.17, 15) is 4.79 Å². The lowest BCUT2D eigenvalue weighted by atomic mass is 10.1. The van der Waals surface area contributed by atoms with Crippen molar-refractivity contribution in [3.8, 4) is 5.69 Å². The highest BCUT2D eigenvalue weighted by Gasteiger charge is 2.23. The van der Waals surface area contributed by atoms with Gasteiger partial charge in [-0.3, -0.25) is 4.79 Å². The Morgan fingerprint density at radius 3 is 2.57 bits per heavy atom. The molecule has 1 N–H and O–H groups in total.